The molecule has 0 radical (unpaired) electrons. The number of hydrogen-bond donors (Lipinski definition) is 2. The van der Waals surface area contributed by atoms with Gasteiger partial charge in [0.2, 0.25) is 5.91 Å². The number of carbonyl (C=O) groups is 1. The van der Waals surface area contributed by atoms with Crippen LogP contribution in [0, 0.1) is 4.77 Å². The number of methoxy groups -OCH3 is 2. The number of amides is 1. The van der Waals surface area contributed by atoms with E-state index in [4.69, 9.17) is 21.7 Å². The fraction of sp³-hybridized carbons (Fsp3) is 0.278. The Morgan fingerprint density at radius 1 is 1.37 bits per heavy atom. The van der Waals surface area contributed by atoms with Crippen LogP contribution < -0.4 is 14.8 Å². The third-order valence-corrected chi connectivity index (χ3v) is 5.26. The van der Waals surface area contributed by atoms with Crippen molar-refractivity contribution < 1.29 is 14.3 Å². The van der Waals surface area contributed by atoms with Crippen molar-refractivity contribution in [2.75, 3.05) is 14.2 Å². The molecule has 0 aliphatic carbocycles. The molecule has 0 aliphatic heterocycles. The molecule has 2 aromatic heterocycles. The van der Waals surface area contributed by atoms with Gasteiger partial charge in [0, 0.05) is 5.56 Å². The third kappa shape index (κ3) is 4.20. The van der Waals surface area contributed by atoms with Gasteiger partial charge in [0.1, 0.15) is 18.0 Å². The van der Waals surface area contributed by atoms with Crippen LogP contribution in [0.1, 0.15) is 18.5 Å². The maximum Gasteiger partial charge on any atom is 0.240 e. The van der Waals surface area contributed by atoms with Gasteiger partial charge in [-0.25, -0.2) is 0 Å². The van der Waals surface area contributed by atoms with Gasteiger partial charge in [0.05, 0.1) is 25.1 Å². The molecule has 3 aromatic rings. The number of thiophene rings is 1. The average molecular weight is 405 g/mol. The normalized spacial score (nSPS) is 11.8. The predicted octanol–water partition coefficient (Wildman–Crippen LogP) is 3.56. The Hall–Kier alpha value is -2.65. The van der Waals surface area contributed by atoms with E-state index in [0.29, 0.717) is 22.1 Å². The van der Waals surface area contributed by atoms with E-state index < -0.39 is 0 Å². The SMILES string of the molecule is COc1ccc(OC)c([C@@H](C)NC(=O)Cn2c(-c3cccs3)n[nH]c2=S)c1. The van der Waals surface area contributed by atoms with E-state index in [1.54, 1.807) is 18.8 Å². The highest BCUT2D eigenvalue weighted by Crippen LogP contribution is 2.29. The molecule has 2 N–H and O–H groups in total. The molecule has 0 spiro atoms. The first kappa shape index (κ1) is 19.1. The van der Waals surface area contributed by atoms with Gasteiger partial charge in [-0.3, -0.25) is 14.5 Å². The van der Waals surface area contributed by atoms with Gasteiger partial charge in [-0.1, -0.05) is 6.07 Å². The monoisotopic (exact) mass is 404 g/mol. The fourth-order valence-corrected chi connectivity index (χ4v) is 3.66. The number of aromatic amines is 1. The van der Waals surface area contributed by atoms with Gasteiger partial charge < -0.3 is 14.8 Å². The molecule has 0 saturated heterocycles. The molecule has 0 unspecified atom stereocenters. The number of benzene rings is 1. The van der Waals surface area contributed by atoms with E-state index in [9.17, 15) is 4.79 Å². The lowest BCUT2D eigenvalue weighted by Crippen LogP contribution is -2.30. The van der Waals surface area contributed by atoms with Gasteiger partial charge in [-0.15, -0.1) is 11.3 Å². The summed E-state index contributed by atoms with van der Waals surface area (Å²) in [7, 11) is 3.19. The van der Waals surface area contributed by atoms with Gasteiger partial charge in [0.15, 0.2) is 10.6 Å². The summed E-state index contributed by atoms with van der Waals surface area (Å²) in [4.78, 5) is 13.6. The molecular weight excluding hydrogens is 384 g/mol. The molecule has 0 aliphatic rings. The summed E-state index contributed by atoms with van der Waals surface area (Å²) < 4.78 is 12.8. The van der Waals surface area contributed by atoms with Gasteiger partial charge in [-0.2, -0.15) is 5.10 Å². The number of aromatic nitrogens is 3. The summed E-state index contributed by atoms with van der Waals surface area (Å²) in [5.74, 6) is 1.85. The maximum atomic E-state index is 12.6. The van der Waals surface area contributed by atoms with Crippen LogP contribution in [-0.2, 0) is 11.3 Å². The summed E-state index contributed by atoms with van der Waals surface area (Å²) in [5.41, 5.74) is 0.833. The Kier molecular flexibility index (Phi) is 5.92. The van der Waals surface area contributed by atoms with Crippen molar-refractivity contribution in [3.05, 3.63) is 46.0 Å². The Morgan fingerprint density at radius 2 is 2.19 bits per heavy atom. The molecule has 1 aromatic carbocycles. The molecule has 9 heteroatoms. The van der Waals surface area contributed by atoms with Crippen LogP contribution in [0.3, 0.4) is 0 Å². The Balaban J connectivity index is 1.77. The minimum atomic E-state index is -0.270. The number of nitrogens with one attached hydrogen (secondary N) is 2. The number of H-pyrrole nitrogens is 1. The molecular formula is C18H20N4O3S2. The van der Waals surface area contributed by atoms with Crippen LogP contribution in [0.5, 0.6) is 11.5 Å². The molecule has 7 nitrogen and oxygen atoms in total. The standard InChI is InChI=1S/C18H20N4O3S2/c1-11(13-9-12(24-2)6-7-14(13)25-3)19-16(23)10-22-17(20-21-18(22)26)15-5-4-8-27-15/h4-9,11H,10H2,1-3H3,(H,19,23)(H,21,26)/t11-/m1/s1. The van der Waals surface area contributed by atoms with Crippen molar-refractivity contribution in [2.45, 2.75) is 19.5 Å². The number of ether oxygens (including phenoxy) is 2. The zero-order chi connectivity index (χ0) is 19.4. The van der Waals surface area contributed by atoms with Gasteiger partial charge in [-0.05, 0) is 48.8 Å². The van der Waals surface area contributed by atoms with Crippen LogP contribution in [-0.4, -0.2) is 34.9 Å². The molecule has 0 saturated carbocycles. The van der Waals surface area contributed by atoms with Crippen LogP contribution in [0.25, 0.3) is 10.7 Å². The Bertz CT molecular complexity index is 979. The first-order valence-electron chi connectivity index (χ1n) is 8.24. The molecule has 3 rings (SSSR count). The number of hydrogen-bond acceptors (Lipinski definition) is 6. The first-order chi connectivity index (χ1) is 13.0. The van der Waals surface area contributed by atoms with Crippen molar-refractivity contribution in [3.63, 3.8) is 0 Å². The maximum absolute atomic E-state index is 12.6. The zero-order valence-electron chi connectivity index (χ0n) is 15.2. The smallest absolute Gasteiger partial charge is 0.240 e. The minimum absolute atomic E-state index is 0.0686. The lowest BCUT2D eigenvalue weighted by atomic mass is 10.1. The van der Waals surface area contributed by atoms with Crippen molar-refractivity contribution in [3.8, 4) is 22.2 Å². The van der Waals surface area contributed by atoms with E-state index in [-0.39, 0.29) is 18.5 Å². The number of rotatable bonds is 7. The predicted molar refractivity (Wildman–Crippen MR) is 107 cm³/mol. The van der Waals surface area contributed by atoms with E-state index >= 15 is 0 Å². The van der Waals surface area contributed by atoms with E-state index in [0.717, 1.165) is 10.4 Å². The third-order valence-electron chi connectivity index (χ3n) is 4.08. The summed E-state index contributed by atoms with van der Waals surface area (Å²) in [5, 5.41) is 11.9. The molecule has 1 amide bonds. The molecule has 0 bridgehead atoms. The summed E-state index contributed by atoms with van der Waals surface area (Å²) >= 11 is 6.82. The average Bonchev–Trinajstić information content (AvgIpc) is 3.31. The van der Waals surface area contributed by atoms with Crippen LogP contribution in [0.4, 0.5) is 0 Å². The highest BCUT2D eigenvalue weighted by molar-refractivity contribution is 7.71. The van der Waals surface area contributed by atoms with Gasteiger partial charge in [0.25, 0.3) is 0 Å². The largest absolute Gasteiger partial charge is 0.497 e. The lowest BCUT2D eigenvalue weighted by molar-refractivity contribution is -0.122. The number of carbonyl (C=O) groups excluding carboxylic acids is 1. The molecule has 27 heavy (non-hydrogen) atoms. The minimum Gasteiger partial charge on any atom is -0.497 e. The second-order valence-electron chi connectivity index (χ2n) is 5.81. The Labute approximate surface area is 165 Å². The van der Waals surface area contributed by atoms with Gasteiger partial charge >= 0.3 is 0 Å². The van der Waals surface area contributed by atoms with E-state index in [1.165, 1.54) is 11.3 Å². The van der Waals surface area contributed by atoms with E-state index in [2.05, 4.69) is 15.5 Å². The highest BCUT2D eigenvalue weighted by atomic mass is 32.1. The molecule has 2 heterocycles. The van der Waals surface area contributed by atoms with Crippen molar-refractivity contribution in [1.29, 1.82) is 0 Å². The fourth-order valence-electron chi connectivity index (χ4n) is 2.74. The van der Waals surface area contributed by atoms with Crippen molar-refractivity contribution in [1.82, 2.24) is 20.1 Å². The van der Waals surface area contributed by atoms with Crippen LogP contribution in [0.15, 0.2) is 35.7 Å². The van der Waals surface area contributed by atoms with Crippen molar-refractivity contribution in [2.24, 2.45) is 0 Å². The quantitative estimate of drug-likeness (QED) is 0.589. The van der Waals surface area contributed by atoms with Crippen molar-refractivity contribution >= 4 is 29.5 Å². The number of nitrogens with zero attached hydrogens (tertiary/aromatic N) is 2. The zero-order valence-corrected chi connectivity index (χ0v) is 16.8. The highest BCUT2D eigenvalue weighted by Gasteiger charge is 2.18. The lowest BCUT2D eigenvalue weighted by Gasteiger charge is -2.18. The second-order valence-corrected chi connectivity index (χ2v) is 7.15. The molecule has 142 valence electrons. The summed E-state index contributed by atoms with van der Waals surface area (Å²) in [6, 6.07) is 9.08. The summed E-state index contributed by atoms with van der Waals surface area (Å²) in [6.07, 6.45) is 0. The summed E-state index contributed by atoms with van der Waals surface area (Å²) in [6.45, 7) is 1.96. The molecule has 1 atom stereocenters. The molecule has 0 fully saturated rings. The Morgan fingerprint density at radius 3 is 2.85 bits per heavy atom. The van der Waals surface area contributed by atoms with Crippen LogP contribution >= 0.6 is 23.6 Å². The first-order valence-corrected chi connectivity index (χ1v) is 9.52. The second kappa shape index (κ2) is 8.36. The topological polar surface area (TPSA) is 81.2 Å². The van der Waals surface area contributed by atoms with Crippen LogP contribution in [0.2, 0.25) is 0 Å². The van der Waals surface area contributed by atoms with E-state index in [1.807, 2.05) is 42.6 Å².